The van der Waals surface area contributed by atoms with Crippen LogP contribution in [0.5, 0.6) is 0 Å². The number of aromatic carboxylic acids is 1. The highest BCUT2D eigenvalue weighted by Gasteiger charge is 2.26. The van der Waals surface area contributed by atoms with Gasteiger partial charge in [0.2, 0.25) is 0 Å². The molecule has 0 unspecified atom stereocenters. The number of tetrazole rings is 1. The van der Waals surface area contributed by atoms with Gasteiger partial charge in [-0.3, -0.25) is 0 Å². The molecule has 0 atom stereocenters. The predicted molar refractivity (Wildman–Crippen MR) is 108 cm³/mol. The van der Waals surface area contributed by atoms with Crippen LogP contribution >= 0.6 is 34.8 Å². The number of carboxylic acids is 1. The summed E-state index contributed by atoms with van der Waals surface area (Å²) < 4.78 is 1.47. The fourth-order valence-electron chi connectivity index (χ4n) is 2.94. The van der Waals surface area contributed by atoms with Crippen LogP contribution in [0.15, 0.2) is 42.5 Å². The lowest BCUT2D eigenvalue weighted by molar-refractivity contribution is 0.0689. The van der Waals surface area contributed by atoms with Crippen LogP contribution in [-0.2, 0) is 6.42 Å². The molecule has 4 rings (SSSR count). The lowest BCUT2D eigenvalue weighted by Crippen LogP contribution is -2.04. The first-order valence-electron chi connectivity index (χ1n) is 8.23. The Morgan fingerprint density at radius 3 is 2.41 bits per heavy atom. The molecule has 0 spiro atoms. The fourth-order valence-corrected chi connectivity index (χ4v) is 3.55. The van der Waals surface area contributed by atoms with E-state index in [-0.39, 0.29) is 12.1 Å². The summed E-state index contributed by atoms with van der Waals surface area (Å²) in [5.41, 5.74) is 1.95. The van der Waals surface area contributed by atoms with E-state index in [1.165, 1.54) is 4.68 Å². The largest absolute Gasteiger partial charge is 0.476 e. The van der Waals surface area contributed by atoms with Crippen molar-refractivity contribution in [2.24, 2.45) is 0 Å². The first-order valence-corrected chi connectivity index (χ1v) is 9.36. The Labute approximate surface area is 179 Å². The first-order chi connectivity index (χ1) is 13.9. The minimum Gasteiger partial charge on any atom is -0.476 e. The number of carbonyl (C=O) groups is 1. The van der Waals surface area contributed by atoms with Gasteiger partial charge >= 0.3 is 5.97 Å². The third kappa shape index (κ3) is 3.82. The molecule has 2 heterocycles. The summed E-state index contributed by atoms with van der Waals surface area (Å²) in [5, 5.41) is 29.2. The molecule has 0 saturated heterocycles. The Morgan fingerprint density at radius 2 is 1.79 bits per heavy atom. The quantitative estimate of drug-likeness (QED) is 0.470. The molecule has 11 heteroatoms. The molecule has 2 aromatic carbocycles. The molecule has 0 radical (unpaired) electrons. The standard InChI is InChI=1S/C18H11Cl3N6O2/c19-10-3-1-9(2-4-10)17-12(8-15-22-25-26-23-15)16(18(28)29)24-27(17)14-6-5-11(20)7-13(14)21/h1-7H,8H2,(H,28,29)(H,22,23,25,26). The Bertz CT molecular complexity index is 1190. The summed E-state index contributed by atoms with van der Waals surface area (Å²) in [7, 11) is 0. The van der Waals surface area contributed by atoms with Crippen molar-refractivity contribution in [2.75, 3.05) is 0 Å². The first kappa shape index (κ1) is 19.4. The zero-order valence-electron chi connectivity index (χ0n) is 14.5. The van der Waals surface area contributed by atoms with Crippen molar-refractivity contribution in [3.63, 3.8) is 0 Å². The van der Waals surface area contributed by atoms with Crippen LogP contribution in [0.2, 0.25) is 15.1 Å². The van der Waals surface area contributed by atoms with Gasteiger partial charge in [0.05, 0.1) is 16.4 Å². The number of carboxylic acid groups (broad SMARTS) is 1. The highest BCUT2D eigenvalue weighted by atomic mass is 35.5. The molecule has 8 nitrogen and oxygen atoms in total. The normalized spacial score (nSPS) is 11.0. The van der Waals surface area contributed by atoms with E-state index in [0.29, 0.717) is 43.4 Å². The highest BCUT2D eigenvalue weighted by Crippen LogP contribution is 2.34. The second-order valence-electron chi connectivity index (χ2n) is 6.00. The molecule has 29 heavy (non-hydrogen) atoms. The minimum absolute atomic E-state index is 0.0985. The van der Waals surface area contributed by atoms with E-state index in [9.17, 15) is 9.90 Å². The second-order valence-corrected chi connectivity index (χ2v) is 7.28. The Kier molecular flexibility index (Phi) is 5.23. The van der Waals surface area contributed by atoms with Crippen LogP contribution in [0, 0.1) is 0 Å². The van der Waals surface area contributed by atoms with Gasteiger partial charge in [0.1, 0.15) is 0 Å². The van der Waals surface area contributed by atoms with Gasteiger partial charge in [-0.25, -0.2) is 9.48 Å². The average molecular weight is 450 g/mol. The van der Waals surface area contributed by atoms with Crippen LogP contribution in [0.25, 0.3) is 16.9 Å². The predicted octanol–water partition coefficient (Wildman–Crippen LogP) is 4.30. The molecule has 0 aliphatic heterocycles. The van der Waals surface area contributed by atoms with Gasteiger partial charge < -0.3 is 5.11 Å². The molecule has 0 amide bonds. The topological polar surface area (TPSA) is 110 Å². The lowest BCUT2D eigenvalue weighted by Gasteiger charge is -2.11. The Hall–Kier alpha value is -2.94. The van der Waals surface area contributed by atoms with E-state index < -0.39 is 5.97 Å². The van der Waals surface area contributed by atoms with Crippen LogP contribution < -0.4 is 0 Å². The summed E-state index contributed by atoms with van der Waals surface area (Å²) in [6, 6.07) is 11.8. The average Bonchev–Trinajstić information content (AvgIpc) is 3.31. The molecular formula is C18H11Cl3N6O2. The molecule has 4 aromatic rings. The van der Waals surface area contributed by atoms with E-state index in [0.717, 1.165) is 0 Å². The van der Waals surface area contributed by atoms with Gasteiger partial charge in [0.15, 0.2) is 11.5 Å². The summed E-state index contributed by atoms with van der Waals surface area (Å²) >= 11 is 18.4. The van der Waals surface area contributed by atoms with E-state index >= 15 is 0 Å². The number of hydrogen-bond acceptors (Lipinski definition) is 5. The third-order valence-electron chi connectivity index (χ3n) is 4.17. The SMILES string of the molecule is O=C(O)c1nn(-c2ccc(Cl)cc2Cl)c(-c2ccc(Cl)cc2)c1Cc1nn[nH]n1. The maximum absolute atomic E-state index is 12.0. The van der Waals surface area contributed by atoms with Gasteiger partial charge in [-0.1, -0.05) is 52.1 Å². The van der Waals surface area contributed by atoms with Crippen molar-refractivity contribution in [3.8, 4) is 16.9 Å². The minimum atomic E-state index is -1.19. The smallest absolute Gasteiger partial charge is 0.356 e. The number of benzene rings is 2. The molecule has 0 fully saturated rings. The van der Waals surface area contributed by atoms with Crippen LogP contribution in [-0.4, -0.2) is 41.5 Å². The van der Waals surface area contributed by atoms with Gasteiger partial charge in [-0.15, -0.1) is 10.2 Å². The second kappa shape index (κ2) is 7.82. The van der Waals surface area contributed by atoms with Crippen LogP contribution in [0.1, 0.15) is 21.9 Å². The number of aromatic amines is 1. The van der Waals surface area contributed by atoms with E-state index in [1.54, 1.807) is 42.5 Å². The van der Waals surface area contributed by atoms with Crippen molar-refractivity contribution in [3.05, 3.63) is 74.6 Å². The number of hydrogen-bond donors (Lipinski definition) is 2. The summed E-state index contributed by atoms with van der Waals surface area (Å²) in [4.78, 5) is 12.0. The number of H-pyrrole nitrogens is 1. The van der Waals surface area contributed by atoms with Gasteiger partial charge in [0, 0.05) is 27.6 Å². The monoisotopic (exact) mass is 448 g/mol. The maximum atomic E-state index is 12.0. The molecule has 0 saturated carbocycles. The summed E-state index contributed by atoms with van der Waals surface area (Å²) in [6.07, 6.45) is 0.0985. The molecule has 2 aromatic heterocycles. The van der Waals surface area contributed by atoms with Crippen molar-refractivity contribution in [1.29, 1.82) is 0 Å². The molecule has 0 bridgehead atoms. The third-order valence-corrected chi connectivity index (χ3v) is 4.96. The van der Waals surface area contributed by atoms with Gasteiger partial charge in [0.25, 0.3) is 0 Å². The van der Waals surface area contributed by atoms with Crippen molar-refractivity contribution < 1.29 is 9.90 Å². The highest BCUT2D eigenvalue weighted by molar-refractivity contribution is 6.35. The number of nitrogens with one attached hydrogen (secondary N) is 1. The molecule has 0 aliphatic carbocycles. The van der Waals surface area contributed by atoms with Gasteiger partial charge in [-0.05, 0) is 30.3 Å². The van der Waals surface area contributed by atoms with Crippen molar-refractivity contribution >= 4 is 40.8 Å². The molecule has 0 aliphatic rings. The zero-order chi connectivity index (χ0) is 20.5. The van der Waals surface area contributed by atoms with Crippen LogP contribution in [0.4, 0.5) is 0 Å². The van der Waals surface area contributed by atoms with Crippen molar-refractivity contribution in [2.45, 2.75) is 6.42 Å². The van der Waals surface area contributed by atoms with Crippen molar-refractivity contribution in [1.82, 2.24) is 30.4 Å². The summed E-state index contributed by atoms with van der Waals surface area (Å²) in [6.45, 7) is 0. The maximum Gasteiger partial charge on any atom is 0.356 e. The Balaban J connectivity index is 2.01. The molecule has 146 valence electrons. The van der Waals surface area contributed by atoms with Gasteiger partial charge in [-0.2, -0.15) is 10.3 Å². The Morgan fingerprint density at radius 1 is 1.07 bits per heavy atom. The molecular weight excluding hydrogens is 439 g/mol. The van der Waals surface area contributed by atoms with E-state index in [1.807, 2.05) is 0 Å². The number of rotatable bonds is 5. The lowest BCUT2D eigenvalue weighted by atomic mass is 10.0. The number of nitrogens with zero attached hydrogens (tertiary/aromatic N) is 5. The zero-order valence-corrected chi connectivity index (χ0v) is 16.7. The fraction of sp³-hybridized carbons (Fsp3) is 0.0556. The molecule has 2 N–H and O–H groups in total. The van der Waals surface area contributed by atoms with E-state index in [2.05, 4.69) is 25.7 Å². The van der Waals surface area contributed by atoms with E-state index in [4.69, 9.17) is 34.8 Å². The number of halogens is 3. The summed E-state index contributed by atoms with van der Waals surface area (Å²) in [5.74, 6) is -0.869. The van der Waals surface area contributed by atoms with Crippen LogP contribution in [0.3, 0.4) is 0 Å². The number of aromatic nitrogens is 6.